The zero-order valence-electron chi connectivity index (χ0n) is 16.6. The van der Waals surface area contributed by atoms with Gasteiger partial charge in [-0.1, -0.05) is 68.5 Å². The van der Waals surface area contributed by atoms with Gasteiger partial charge in [0.25, 0.3) is 11.8 Å². The molecule has 5 heteroatoms. The van der Waals surface area contributed by atoms with Gasteiger partial charge >= 0.3 is 0 Å². The average molecular weight is 388 g/mol. The molecule has 0 spiro atoms. The van der Waals surface area contributed by atoms with Crippen molar-refractivity contribution in [3.05, 3.63) is 83.4 Å². The van der Waals surface area contributed by atoms with Crippen LogP contribution in [0.2, 0.25) is 0 Å². The molecule has 0 bridgehead atoms. The van der Waals surface area contributed by atoms with Crippen molar-refractivity contribution in [1.82, 2.24) is 9.80 Å². The van der Waals surface area contributed by atoms with Gasteiger partial charge in [0.15, 0.2) is 0 Å². The topological polar surface area (TPSA) is 57.7 Å². The maximum absolute atomic E-state index is 13.6. The van der Waals surface area contributed by atoms with Crippen LogP contribution in [-0.4, -0.2) is 40.1 Å². The number of carbonyl (C=O) groups excluding carboxylic acids is 3. The molecule has 2 aromatic rings. The van der Waals surface area contributed by atoms with Gasteiger partial charge in [-0.15, -0.1) is 0 Å². The van der Waals surface area contributed by atoms with E-state index >= 15 is 0 Å². The fraction of sp³-hybridized carbons (Fsp3) is 0.292. The van der Waals surface area contributed by atoms with E-state index in [1.54, 1.807) is 29.2 Å². The van der Waals surface area contributed by atoms with Crippen molar-refractivity contribution in [1.29, 1.82) is 0 Å². The van der Waals surface area contributed by atoms with Gasteiger partial charge in [0.2, 0.25) is 5.91 Å². The first-order chi connectivity index (χ1) is 14.0. The van der Waals surface area contributed by atoms with Crippen molar-refractivity contribution >= 4 is 17.7 Å². The van der Waals surface area contributed by atoms with Crippen molar-refractivity contribution in [3.8, 4) is 0 Å². The van der Waals surface area contributed by atoms with Crippen LogP contribution in [0.3, 0.4) is 0 Å². The summed E-state index contributed by atoms with van der Waals surface area (Å²) in [5.74, 6) is -0.716. The largest absolute Gasteiger partial charge is 0.330 e. The second-order valence-corrected chi connectivity index (χ2v) is 7.95. The van der Waals surface area contributed by atoms with Crippen molar-refractivity contribution in [2.75, 3.05) is 6.54 Å². The first-order valence-electron chi connectivity index (χ1n) is 9.98. The molecule has 1 unspecified atom stereocenters. The van der Waals surface area contributed by atoms with E-state index in [9.17, 15) is 14.4 Å². The lowest BCUT2D eigenvalue weighted by molar-refractivity contribution is -0.137. The Kier molecular flexibility index (Phi) is 5.05. The molecule has 0 saturated heterocycles. The molecule has 5 nitrogen and oxygen atoms in total. The van der Waals surface area contributed by atoms with Crippen LogP contribution in [0.1, 0.15) is 52.6 Å². The predicted octanol–water partition coefficient (Wildman–Crippen LogP) is 3.84. The first-order valence-corrected chi connectivity index (χ1v) is 9.98. The highest BCUT2D eigenvalue weighted by Crippen LogP contribution is 2.32. The second kappa shape index (κ2) is 7.66. The van der Waals surface area contributed by atoms with Crippen LogP contribution < -0.4 is 0 Å². The zero-order valence-corrected chi connectivity index (χ0v) is 16.6. The number of hydrogen-bond donors (Lipinski definition) is 0. The molecule has 2 aromatic carbocycles. The van der Waals surface area contributed by atoms with Crippen LogP contribution in [0.4, 0.5) is 0 Å². The number of nitrogens with zero attached hydrogens (tertiary/aromatic N) is 2. The van der Waals surface area contributed by atoms with Crippen LogP contribution in [-0.2, 0) is 4.79 Å². The molecule has 2 atom stereocenters. The molecule has 0 N–H and O–H groups in total. The normalized spacial score (nSPS) is 21.7. The van der Waals surface area contributed by atoms with Crippen molar-refractivity contribution < 1.29 is 14.4 Å². The van der Waals surface area contributed by atoms with Crippen molar-refractivity contribution in [2.24, 2.45) is 5.92 Å². The van der Waals surface area contributed by atoms with Gasteiger partial charge in [-0.3, -0.25) is 19.3 Å². The average Bonchev–Trinajstić information content (AvgIpc) is 2.87. The molecule has 2 aliphatic rings. The molecular formula is C24H24N2O3. The molecule has 2 heterocycles. The summed E-state index contributed by atoms with van der Waals surface area (Å²) in [4.78, 5) is 42.5. The molecular weight excluding hydrogens is 364 g/mol. The van der Waals surface area contributed by atoms with Gasteiger partial charge in [-0.05, 0) is 30.0 Å². The van der Waals surface area contributed by atoms with Crippen LogP contribution >= 0.6 is 0 Å². The maximum Gasteiger partial charge on any atom is 0.262 e. The molecule has 0 saturated carbocycles. The summed E-state index contributed by atoms with van der Waals surface area (Å²) in [6.07, 6.45) is 4.25. The van der Waals surface area contributed by atoms with Crippen LogP contribution in [0.5, 0.6) is 0 Å². The summed E-state index contributed by atoms with van der Waals surface area (Å²) in [5, 5.41) is 0. The lowest BCUT2D eigenvalue weighted by atomic mass is 10.0. The van der Waals surface area contributed by atoms with Gasteiger partial charge in [0.1, 0.15) is 6.04 Å². The fourth-order valence-corrected chi connectivity index (χ4v) is 4.11. The van der Waals surface area contributed by atoms with Gasteiger partial charge in [0, 0.05) is 6.54 Å². The van der Waals surface area contributed by atoms with Gasteiger partial charge in [-0.25, -0.2) is 0 Å². The minimum atomic E-state index is -0.828. The highest BCUT2D eigenvalue weighted by Gasteiger charge is 2.45. The van der Waals surface area contributed by atoms with E-state index in [0.717, 1.165) is 10.5 Å². The number of rotatable bonds is 4. The summed E-state index contributed by atoms with van der Waals surface area (Å²) in [6.45, 7) is 4.66. The molecule has 0 aromatic heterocycles. The Morgan fingerprint density at radius 2 is 1.48 bits per heavy atom. The van der Waals surface area contributed by atoms with Crippen molar-refractivity contribution in [2.45, 2.75) is 32.4 Å². The lowest BCUT2D eigenvalue weighted by Gasteiger charge is -2.34. The van der Waals surface area contributed by atoms with Crippen molar-refractivity contribution in [3.63, 3.8) is 0 Å². The molecule has 29 heavy (non-hydrogen) atoms. The number of amides is 3. The lowest BCUT2D eigenvalue weighted by Crippen LogP contribution is -2.51. The molecule has 148 valence electrons. The summed E-state index contributed by atoms with van der Waals surface area (Å²) < 4.78 is 0. The Bertz CT molecular complexity index is 946. The Morgan fingerprint density at radius 1 is 0.897 bits per heavy atom. The van der Waals surface area contributed by atoms with Gasteiger partial charge < -0.3 is 4.90 Å². The summed E-state index contributed by atoms with van der Waals surface area (Å²) >= 11 is 0. The number of carbonyl (C=O) groups is 3. The zero-order chi connectivity index (χ0) is 20.5. The van der Waals surface area contributed by atoms with Crippen LogP contribution in [0.15, 0.2) is 66.7 Å². The molecule has 4 rings (SSSR count). The Hall–Kier alpha value is -3.21. The van der Waals surface area contributed by atoms with E-state index in [1.165, 1.54) is 0 Å². The molecule has 0 aliphatic carbocycles. The Morgan fingerprint density at radius 3 is 2.07 bits per heavy atom. The third-order valence-electron chi connectivity index (χ3n) is 5.42. The maximum atomic E-state index is 13.6. The summed E-state index contributed by atoms with van der Waals surface area (Å²) in [7, 11) is 0. The van der Waals surface area contributed by atoms with E-state index in [1.807, 2.05) is 42.5 Å². The SMILES string of the molecule is CC(C)CN1C(=O)C(N2C(=O)c3ccccc3C2=O)CC=C[C@@H]1c1ccccc1. The molecule has 3 amide bonds. The summed E-state index contributed by atoms with van der Waals surface area (Å²) in [5.41, 5.74) is 1.75. The third kappa shape index (κ3) is 3.37. The highest BCUT2D eigenvalue weighted by molar-refractivity contribution is 6.22. The standard InChI is InChI=1S/C24H24N2O3/c1-16(2)15-25-20(17-9-4-3-5-10-17)13-8-14-21(24(25)29)26-22(27)18-11-6-7-12-19(18)23(26)28/h3-13,16,20-21H,14-15H2,1-2H3/t20-,21?/m1/s1. The third-order valence-corrected chi connectivity index (χ3v) is 5.42. The number of benzene rings is 2. The molecule has 0 radical (unpaired) electrons. The number of imide groups is 1. The predicted molar refractivity (Wildman–Crippen MR) is 110 cm³/mol. The Balaban J connectivity index is 1.71. The van der Waals surface area contributed by atoms with Crippen LogP contribution in [0, 0.1) is 5.92 Å². The summed E-state index contributed by atoms with van der Waals surface area (Å²) in [6, 6.07) is 15.6. The molecule has 0 fully saturated rings. The smallest absolute Gasteiger partial charge is 0.262 e. The van der Waals surface area contributed by atoms with Crippen LogP contribution in [0.25, 0.3) is 0 Å². The minimum absolute atomic E-state index is 0.188. The second-order valence-electron chi connectivity index (χ2n) is 7.95. The first kappa shape index (κ1) is 19.1. The van der Waals surface area contributed by atoms with E-state index < -0.39 is 6.04 Å². The number of hydrogen-bond acceptors (Lipinski definition) is 3. The van der Waals surface area contributed by atoms with E-state index in [2.05, 4.69) is 13.8 Å². The minimum Gasteiger partial charge on any atom is -0.330 e. The van der Waals surface area contributed by atoms with Gasteiger partial charge in [0.05, 0.1) is 17.2 Å². The van der Waals surface area contributed by atoms with E-state index in [0.29, 0.717) is 24.1 Å². The fourth-order valence-electron chi connectivity index (χ4n) is 4.11. The Labute approximate surface area is 170 Å². The number of fused-ring (bicyclic) bond motifs is 1. The molecule has 2 aliphatic heterocycles. The highest BCUT2D eigenvalue weighted by atomic mass is 16.2. The van der Waals surface area contributed by atoms with E-state index in [4.69, 9.17) is 0 Å². The quantitative estimate of drug-likeness (QED) is 0.591. The monoisotopic (exact) mass is 388 g/mol. The van der Waals surface area contributed by atoms with Gasteiger partial charge in [-0.2, -0.15) is 0 Å². The van der Waals surface area contributed by atoms with E-state index in [-0.39, 0.29) is 29.7 Å².